The molecule has 0 heterocycles. The molecule has 0 radical (unpaired) electrons. The highest BCUT2D eigenvalue weighted by molar-refractivity contribution is 7.89. The van der Waals surface area contributed by atoms with Crippen LogP contribution in [0.25, 0.3) is 0 Å². The normalized spacial score (nSPS) is 13.8. The number of hydrogen-bond acceptors (Lipinski definition) is 3. The molecule has 0 aliphatic heterocycles. The van der Waals surface area contributed by atoms with Gasteiger partial charge in [-0.3, -0.25) is 0 Å². The van der Waals surface area contributed by atoms with Gasteiger partial charge in [0.05, 0.1) is 4.90 Å². The maximum atomic E-state index is 12.6. The average molecular weight is 349 g/mol. The van der Waals surface area contributed by atoms with Crippen LogP contribution in [0.15, 0.2) is 29.2 Å². The predicted molar refractivity (Wildman–Crippen MR) is 95.0 cm³/mol. The van der Waals surface area contributed by atoms with Gasteiger partial charge in [-0.25, -0.2) is 12.7 Å². The Balaban J connectivity index is 0.00000441. The molecule has 0 aromatic heterocycles. The van der Waals surface area contributed by atoms with Crippen LogP contribution in [0.3, 0.4) is 0 Å². The fourth-order valence-corrected chi connectivity index (χ4v) is 3.50. The first-order chi connectivity index (χ1) is 9.64. The van der Waals surface area contributed by atoms with Gasteiger partial charge in [-0.05, 0) is 42.0 Å². The Morgan fingerprint density at radius 1 is 1.23 bits per heavy atom. The van der Waals surface area contributed by atoms with E-state index in [2.05, 4.69) is 13.8 Å². The van der Waals surface area contributed by atoms with Gasteiger partial charge in [0.25, 0.3) is 0 Å². The number of nitrogens with zero attached hydrogens (tertiary/aromatic N) is 1. The summed E-state index contributed by atoms with van der Waals surface area (Å²) in [6, 6.07) is 7.21. The molecule has 1 aromatic rings. The molecule has 0 spiro atoms. The van der Waals surface area contributed by atoms with Gasteiger partial charge in [-0.2, -0.15) is 0 Å². The molecule has 4 nitrogen and oxygen atoms in total. The molecular weight excluding hydrogens is 320 g/mol. The first-order valence-electron chi connectivity index (χ1n) is 7.40. The van der Waals surface area contributed by atoms with Gasteiger partial charge in [0.15, 0.2) is 0 Å². The SMILES string of the molecule is CCC(C)c1ccc(S(=O)(=O)N(C)CC(C)(C)CN)cc1.Cl. The first-order valence-corrected chi connectivity index (χ1v) is 8.84. The minimum atomic E-state index is -3.45. The van der Waals surface area contributed by atoms with Gasteiger partial charge in [0, 0.05) is 13.6 Å². The lowest BCUT2D eigenvalue weighted by atomic mass is 9.94. The Morgan fingerprint density at radius 3 is 2.14 bits per heavy atom. The van der Waals surface area contributed by atoms with E-state index in [-0.39, 0.29) is 17.8 Å². The largest absolute Gasteiger partial charge is 0.330 e. The van der Waals surface area contributed by atoms with E-state index in [0.29, 0.717) is 23.9 Å². The van der Waals surface area contributed by atoms with Gasteiger partial charge in [-0.1, -0.05) is 39.8 Å². The van der Waals surface area contributed by atoms with Crippen molar-refractivity contribution in [2.75, 3.05) is 20.1 Å². The second kappa shape index (κ2) is 8.29. The van der Waals surface area contributed by atoms with Crippen molar-refractivity contribution < 1.29 is 8.42 Å². The van der Waals surface area contributed by atoms with Crippen LogP contribution in [0.2, 0.25) is 0 Å². The lowest BCUT2D eigenvalue weighted by Gasteiger charge is -2.28. The van der Waals surface area contributed by atoms with E-state index in [0.717, 1.165) is 6.42 Å². The summed E-state index contributed by atoms with van der Waals surface area (Å²) >= 11 is 0. The van der Waals surface area contributed by atoms with E-state index in [1.807, 2.05) is 26.0 Å². The second-order valence-electron chi connectivity index (χ2n) is 6.51. The van der Waals surface area contributed by atoms with Gasteiger partial charge in [0.1, 0.15) is 0 Å². The molecule has 1 aromatic carbocycles. The van der Waals surface area contributed by atoms with Crippen LogP contribution in [0, 0.1) is 5.41 Å². The molecule has 1 atom stereocenters. The zero-order valence-corrected chi connectivity index (χ0v) is 15.8. The highest BCUT2D eigenvalue weighted by Gasteiger charge is 2.27. The molecule has 0 fully saturated rings. The first kappa shape index (κ1) is 21.4. The monoisotopic (exact) mass is 348 g/mol. The highest BCUT2D eigenvalue weighted by Crippen LogP contribution is 2.23. The molecule has 128 valence electrons. The van der Waals surface area contributed by atoms with Crippen molar-refractivity contribution in [2.45, 2.75) is 44.9 Å². The predicted octanol–water partition coefficient (Wildman–Crippen LogP) is 3.23. The van der Waals surface area contributed by atoms with Crippen LogP contribution in [-0.4, -0.2) is 32.9 Å². The smallest absolute Gasteiger partial charge is 0.242 e. The standard InChI is InChI=1S/C16H28N2O2S.ClH/c1-6-13(2)14-7-9-15(10-8-14)21(19,20)18(5)12-16(3,4)11-17;/h7-10,13H,6,11-12,17H2,1-5H3;1H. The van der Waals surface area contributed by atoms with E-state index in [1.165, 1.54) is 9.87 Å². The van der Waals surface area contributed by atoms with Gasteiger partial charge < -0.3 is 5.73 Å². The van der Waals surface area contributed by atoms with Crippen LogP contribution in [0.5, 0.6) is 0 Å². The summed E-state index contributed by atoms with van der Waals surface area (Å²) in [6.45, 7) is 9.03. The van der Waals surface area contributed by atoms with Gasteiger partial charge in [-0.15, -0.1) is 12.4 Å². The molecule has 0 saturated heterocycles. The van der Waals surface area contributed by atoms with Crippen molar-refractivity contribution in [3.63, 3.8) is 0 Å². The third-order valence-corrected chi connectivity index (χ3v) is 5.79. The maximum Gasteiger partial charge on any atom is 0.242 e. The summed E-state index contributed by atoms with van der Waals surface area (Å²) in [5.74, 6) is 0.440. The van der Waals surface area contributed by atoms with E-state index in [9.17, 15) is 8.42 Å². The Morgan fingerprint density at radius 2 is 1.73 bits per heavy atom. The number of benzene rings is 1. The van der Waals surface area contributed by atoms with Crippen molar-refractivity contribution in [1.82, 2.24) is 4.31 Å². The topological polar surface area (TPSA) is 63.4 Å². The Kier molecular flexibility index (Phi) is 8.06. The molecule has 0 aliphatic rings. The molecule has 1 rings (SSSR count). The van der Waals surface area contributed by atoms with E-state index >= 15 is 0 Å². The van der Waals surface area contributed by atoms with Crippen LogP contribution in [-0.2, 0) is 10.0 Å². The maximum absolute atomic E-state index is 12.6. The molecule has 0 aliphatic carbocycles. The summed E-state index contributed by atoms with van der Waals surface area (Å²) in [6.07, 6.45) is 1.04. The minimum Gasteiger partial charge on any atom is -0.330 e. The summed E-state index contributed by atoms with van der Waals surface area (Å²) in [7, 11) is -1.85. The molecule has 0 amide bonds. The van der Waals surface area contributed by atoms with E-state index < -0.39 is 10.0 Å². The molecule has 22 heavy (non-hydrogen) atoms. The molecule has 2 N–H and O–H groups in total. The van der Waals surface area contributed by atoms with Crippen LogP contribution < -0.4 is 5.73 Å². The van der Waals surface area contributed by atoms with E-state index in [4.69, 9.17) is 5.73 Å². The zero-order chi connectivity index (χ0) is 16.3. The van der Waals surface area contributed by atoms with Crippen molar-refractivity contribution >= 4 is 22.4 Å². The van der Waals surface area contributed by atoms with Crippen molar-refractivity contribution in [1.29, 1.82) is 0 Å². The van der Waals surface area contributed by atoms with Gasteiger partial charge >= 0.3 is 0 Å². The number of sulfonamides is 1. The Labute approximate surface area is 141 Å². The molecular formula is C16H29ClN2O2S. The summed E-state index contributed by atoms with van der Waals surface area (Å²) in [4.78, 5) is 0.338. The fourth-order valence-electron chi connectivity index (χ4n) is 2.14. The minimum absolute atomic E-state index is 0. The lowest BCUT2D eigenvalue weighted by Crippen LogP contribution is -2.39. The molecule has 1 unspecified atom stereocenters. The number of nitrogens with two attached hydrogens (primary N) is 1. The van der Waals surface area contributed by atoms with Crippen molar-refractivity contribution in [3.05, 3.63) is 29.8 Å². The lowest BCUT2D eigenvalue weighted by molar-refractivity contribution is 0.292. The summed E-state index contributed by atoms with van der Waals surface area (Å²) in [5, 5.41) is 0. The highest BCUT2D eigenvalue weighted by atomic mass is 35.5. The van der Waals surface area contributed by atoms with Crippen molar-refractivity contribution in [2.24, 2.45) is 11.1 Å². The van der Waals surface area contributed by atoms with E-state index in [1.54, 1.807) is 19.2 Å². The van der Waals surface area contributed by atoms with Gasteiger partial charge in [0.2, 0.25) is 10.0 Å². The van der Waals surface area contributed by atoms with Crippen LogP contribution >= 0.6 is 12.4 Å². The summed E-state index contributed by atoms with van der Waals surface area (Å²) < 4.78 is 26.5. The quantitative estimate of drug-likeness (QED) is 0.822. The average Bonchev–Trinajstić information content (AvgIpc) is 2.46. The number of halogens is 1. The Bertz CT molecular complexity index is 556. The summed E-state index contributed by atoms with van der Waals surface area (Å²) in [5.41, 5.74) is 6.61. The second-order valence-corrected chi connectivity index (χ2v) is 8.55. The number of rotatable bonds is 7. The molecule has 0 bridgehead atoms. The molecule has 6 heteroatoms. The number of hydrogen-bond donors (Lipinski definition) is 1. The Hall–Kier alpha value is -0.620. The molecule has 0 saturated carbocycles. The van der Waals surface area contributed by atoms with Crippen LogP contribution in [0.4, 0.5) is 0 Å². The fraction of sp³-hybridized carbons (Fsp3) is 0.625. The van der Waals surface area contributed by atoms with Crippen LogP contribution in [0.1, 0.15) is 45.6 Å². The van der Waals surface area contributed by atoms with Crippen molar-refractivity contribution in [3.8, 4) is 0 Å². The third kappa shape index (κ3) is 5.23. The zero-order valence-electron chi connectivity index (χ0n) is 14.2. The third-order valence-electron chi connectivity index (χ3n) is 3.97.